The van der Waals surface area contributed by atoms with Crippen LogP contribution in [-0.4, -0.2) is 9.32 Å². The lowest BCUT2D eigenvalue weighted by Crippen LogP contribution is -1.70. The average Bonchev–Trinajstić information content (AvgIpc) is 2.78. The molecule has 0 bridgehead atoms. The van der Waals surface area contributed by atoms with Crippen molar-refractivity contribution in [3.8, 4) is 5.75 Å². The van der Waals surface area contributed by atoms with Crippen molar-refractivity contribution in [3.63, 3.8) is 0 Å². The van der Waals surface area contributed by atoms with E-state index in [2.05, 4.69) is 0 Å². The maximum absolute atomic E-state index is 11.2. The molecule has 0 aromatic heterocycles. The van der Waals surface area contributed by atoms with Crippen molar-refractivity contribution in [2.24, 2.45) is 0 Å². The topological polar surface area (TPSA) is 37.3 Å². The van der Waals surface area contributed by atoms with E-state index in [1.807, 2.05) is 30.3 Å². The molecule has 64 valence electrons. The van der Waals surface area contributed by atoms with Crippen LogP contribution in [-0.2, 0) is 10.8 Å². The molecular weight excluding hydrogens is 184 g/mol. The van der Waals surface area contributed by atoms with Crippen LogP contribution in [0.1, 0.15) is 0 Å². The lowest BCUT2D eigenvalue weighted by molar-refractivity contribution is 0.469. The van der Waals surface area contributed by atoms with Crippen LogP contribution in [0.2, 0.25) is 0 Å². The predicted octanol–water partition coefficient (Wildman–Crippen LogP) is 2.03. The minimum Gasteiger partial charge on any atom is -0.506 e. The predicted molar refractivity (Wildman–Crippen MR) is 50.3 cm³/mol. The highest BCUT2D eigenvalue weighted by Gasteiger charge is 2.33. The van der Waals surface area contributed by atoms with Crippen molar-refractivity contribution in [3.05, 3.63) is 30.3 Å². The number of hydrogen-bond acceptors (Lipinski definition) is 2. The van der Waals surface area contributed by atoms with Gasteiger partial charge in [0, 0.05) is 5.39 Å². The van der Waals surface area contributed by atoms with E-state index in [0.29, 0.717) is 4.90 Å². The monoisotopic (exact) mass is 190 g/mol. The summed E-state index contributed by atoms with van der Waals surface area (Å²) in [5.41, 5.74) is 0. The maximum atomic E-state index is 11.2. The Bertz CT molecular complexity index is 546. The Morgan fingerprint density at radius 3 is 2.85 bits per heavy atom. The molecule has 1 heterocycles. The van der Waals surface area contributed by atoms with Gasteiger partial charge in [0.15, 0.2) is 0 Å². The Hall–Kier alpha value is -1.35. The number of hydrogen-bond donors (Lipinski definition) is 1. The molecule has 0 saturated carbocycles. The summed E-state index contributed by atoms with van der Waals surface area (Å²) in [6, 6.07) is 9.38. The number of phenols is 1. The zero-order chi connectivity index (χ0) is 9.00. The second-order valence-corrected chi connectivity index (χ2v) is 4.43. The van der Waals surface area contributed by atoms with Gasteiger partial charge in [0.1, 0.15) is 10.6 Å². The van der Waals surface area contributed by atoms with Gasteiger partial charge < -0.3 is 5.11 Å². The SMILES string of the molecule is O=S1c2cc3ccccc3c(O)c21. The number of fused-ring (bicyclic) bond motifs is 2. The summed E-state index contributed by atoms with van der Waals surface area (Å²) < 4.78 is 11.2. The number of benzene rings is 2. The smallest absolute Gasteiger partial charge is 0.141 e. The zero-order valence-corrected chi connectivity index (χ0v) is 7.47. The Kier molecular flexibility index (Phi) is 1.15. The Morgan fingerprint density at radius 2 is 2.00 bits per heavy atom. The second-order valence-electron chi connectivity index (χ2n) is 3.04. The van der Waals surface area contributed by atoms with Crippen molar-refractivity contribution >= 4 is 21.6 Å². The molecular formula is C10H6O2S. The summed E-state index contributed by atoms with van der Waals surface area (Å²) in [7, 11) is -1.04. The molecule has 0 aliphatic carbocycles. The molecule has 13 heavy (non-hydrogen) atoms. The van der Waals surface area contributed by atoms with Crippen LogP contribution >= 0.6 is 0 Å². The average molecular weight is 190 g/mol. The summed E-state index contributed by atoms with van der Waals surface area (Å²) >= 11 is 0. The Balaban J connectivity index is 2.53. The first kappa shape index (κ1) is 7.09. The highest BCUT2D eigenvalue weighted by atomic mass is 32.2. The third-order valence-electron chi connectivity index (χ3n) is 2.28. The molecule has 1 aliphatic heterocycles. The molecule has 1 unspecified atom stereocenters. The molecule has 3 heteroatoms. The third-order valence-corrected chi connectivity index (χ3v) is 3.59. The van der Waals surface area contributed by atoms with Gasteiger partial charge in [0.05, 0.1) is 15.7 Å². The number of phenolic OH excluding ortho intramolecular Hbond substituents is 1. The fraction of sp³-hybridized carbons (Fsp3) is 0. The van der Waals surface area contributed by atoms with E-state index in [1.165, 1.54) is 0 Å². The molecule has 2 aromatic carbocycles. The quantitative estimate of drug-likeness (QED) is 0.551. The summed E-state index contributed by atoms with van der Waals surface area (Å²) in [6.45, 7) is 0. The second kappa shape index (κ2) is 2.12. The first-order chi connectivity index (χ1) is 6.29. The standard InChI is InChI=1S/C10H6O2S/c11-9-7-4-2-1-3-6(7)5-8-10(9)13(8)12/h1-5,11H. The van der Waals surface area contributed by atoms with Gasteiger partial charge in [0.2, 0.25) is 0 Å². The molecule has 1 aliphatic rings. The van der Waals surface area contributed by atoms with E-state index in [9.17, 15) is 9.32 Å². The lowest BCUT2D eigenvalue weighted by atomic mass is 10.1. The first-order valence-corrected chi connectivity index (χ1v) is 5.10. The number of rotatable bonds is 0. The van der Waals surface area contributed by atoms with Gasteiger partial charge >= 0.3 is 0 Å². The van der Waals surface area contributed by atoms with Crippen molar-refractivity contribution < 1.29 is 9.32 Å². The molecule has 0 radical (unpaired) electrons. The molecule has 0 saturated heterocycles. The van der Waals surface area contributed by atoms with Crippen LogP contribution in [0, 0.1) is 0 Å². The van der Waals surface area contributed by atoms with E-state index in [0.717, 1.165) is 15.7 Å². The van der Waals surface area contributed by atoms with Crippen molar-refractivity contribution in [1.82, 2.24) is 0 Å². The summed E-state index contributed by atoms with van der Waals surface area (Å²) in [5.74, 6) is 0.187. The van der Waals surface area contributed by atoms with Crippen LogP contribution in [0.15, 0.2) is 40.1 Å². The van der Waals surface area contributed by atoms with Gasteiger partial charge in [0.25, 0.3) is 0 Å². The summed E-state index contributed by atoms with van der Waals surface area (Å²) in [5, 5.41) is 11.4. The van der Waals surface area contributed by atoms with Crippen molar-refractivity contribution in [2.45, 2.75) is 9.79 Å². The zero-order valence-electron chi connectivity index (χ0n) is 6.65. The minimum atomic E-state index is -1.04. The van der Waals surface area contributed by atoms with Crippen molar-refractivity contribution in [2.75, 3.05) is 0 Å². The molecule has 0 amide bonds. The Morgan fingerprint density at radius 1 is 1.23 bits per heavy atom. The molecule has 0 spiro atoms. The fourth-order valence-electron chi connectivity index (χ4n) is 1.57. The largest absolute Gasteiger partial charge is 0.506 e. The van der Waals surface area contributed by atoms with E-state index in [1.54, 1.807) is 0 Å². The van der Waals surface area contributed by atoms with E-state index in [-0.39, 0.29) is 5.75 Å². The van der Waals surface area contributed by atoms with Crippen molar-refractivity contribution in [1.29, 1.82) is 0 Å². The van der Waals surface area contributed by atoms with Crippen LogP contribution in [0.3, 0.4) is 0 Å². The van der Waals surface area contributed by atoms with Gasteiger partial charge in [-0.2, -0.15) is 0 Å². The molecule has 2 aromatic rings. The van der Waals surface area contributed by atoms with Crippen LogP contribution in [0.25, 0.3) is 10.8 Å². The van der Waals surface area contributed by atoms with E-state index >= 15 is 0 Å². The molecule has 3 rings (SSSR count). The van der Waals surface area contributed by atoms with Gasteiger partial charge in [-0.25, -0.2) is 4.21 Å². The van der Waals surface area contributed by atoms with Gasteiger partial charge in [-0.05, 0) is 11.5 Å². The van der Waals surface area contributed by atoms with Crippen LogP contribution in [0.4, 0.5) is 0 Å². The molecule has 1 N–H and O–H groups in total. The third kappa shape index (κ3) is 0.795. The number of aromatic hydroxyl groups is 1. The highest BCUT2D eigenvalue weighted by molar-refractivity contribution is 7.91. The fourth-order valence-corrected chi connectivity index (χ4v) is 2.64. The van der Waals surface area contributed by atoms with E-state index in [4.69, 9.17) is 0 Å². The van der Waals surface area contributed by atoms with Gasteiger partial charge in [-0.3, -0.25) is 0 Å². The summed E-state index contributed by atoms with van der Waals surface area (Å²) in [4.78, 5) is 1.38. The van der Waals surface area contributed by atoms with Crippen LogP contribution < -0.4 is 0 Å². The molecule has 0 fully saturated rings. The summed E-state index contributed by atoms with van der Waals surface area (Å²) in [6.07, 6.45) is 0. The van der Waals surface area contributed by atoms with Crippen LogP contribution in [0.5, 0.6) is 5.75 Å². The molecule has 1 atom stereocenters. The normalized spacial score (nSPS) is 18.6. The van der Waals surface area contributed by atoms with E-state index < -0.39 is 10.8 Å². The Labute approximate surface area is 77.3 Å². The minimum absolute atomic E-state index is 0.187. The molecule has 2 nitrogen and oxygen atoms in total. The lowest BCUT2D eigenvalue weighted by Gasteiger charge is -1.96. The first-order valence-electron chi connectivity index (χ1n) is 3.95. The van der Waals surface area contributed by atoms with Gasteiger partial charge in [-0.1, -0.05) is 24.3 Å². The maximum Gasteiger partial charge on any atom is 0.141 e. The highest BCUT2D eigenvalue weighted by Crippen LogP contribution is 2.47. The van der Waals surface area contributed by atoms with Gasteiger partial charge in [-0.15, -0.1) is 0 Å².